The zero-order valence-electron chi connectivity index (χ0n) is 32.5. The Bertz CT molecular complexity index is 2480. The second-order valence-electron chi connectivity index (χ2n) is 14.3. The smallest absolute Gasteiger partial charge is 0.325 e. The van der Waals surface area contributed by atoms with Crippen molar-refractivity contribution in [1.29, 1.82) is 0 Å². The van der Waals surface area contributed by atoms with E-state index in [-0.39, 0.29) is 22.9 Å². The van der Waals surface area contributed by atoms with Gasteiger partial charge in [-0.05, 0) is 121 Å². The number of carbonyl (C=O) groups excluding carboxylic acids is 2. The normalized spacial score (nSPS) is 11.1. The van der Waals surface area contributed by atoms with E-state index < -0.39 is 52.5 Å². The van der Waals surface area contributed by atoms with Crippen LogP contribution in [0, 0.1) is 48.8 Å². The van der Waals surface area contributed by atoms with Gasteiger partial charge in [-0.3, -0.25) is 0 Å². The minimum absolute atomic E-state index is 0.0348. The molecular formula is C44H40F6N6O2. The number of para-hydroxylation sites is 2. The van der Waals surface area contributed by atoms with E-state index in [1.807, 2.05) is 27.7 Å². The van der Waals surface area contributed by atoms with Crippen LogP contribution in [0.15, 0.2) is 97.1 Å². The monoisotopic (exact) mass is 798 g/mol. The number of aromatic nitrogens is 2. The first-order valence-corrected chi connectivity index (χ1v) is 18.0. The van der Waals surface area contributed by atoms with Gasteiger partial charge in [0, 0.05) is 11.1 Å². The molecule has 0 atom stereocenters. The van der Waals surface area contributed by atoms with Crippen molar-refractivity contribution >= 4 is 35.1 Å². The van der Waals surface area contributed by atoms with Crippen molar-refractivity contribution in [3.8, 4) is 22.5 Å². The van der Waals surface area contributed by atoms with E-state index >= 15 is 0 Å². The summed E-state index contributed by atoms with van der Waals surface area (Å²) in [5.41, 5.74) is 14.5. The Kier molecular flexibility index (Phi) is 12.6. The van der Waals surface area contributed by atoms with Gasteiger partial charge in [-0.1, -0.05) is 52.0 Å². The van der Waals surface area contributed by atoms with Crippen molar-refractivity contribution in [2.75, 3.05) is 9.80 Å². The minimum Gasteiger partial charge on any atom is -0.351 e. The van der Waals surface area contributed by atoms with Crippen molar-refractivity contribution in [3.05, 3.63) is 154 Å². The average molecular weight is 799 g/mol. The van der Waals surface area contributed by atoms with Crippen LogP contribution in [0.2, 0.25) is 0 Å². The third-order valence-electron chi connectivity index (χ3n) is 9.14. The molecule has 58 heavy (non-hydrogen) atoms. The lowest BCUT2D eigenvalue weighted by Gasteiger charge is -2.26. The Hall–Kier alpha value is -6.70. The van der Waals surface area contributed by atoms with E-state index in [4.69, 9.17) is 11.5 Å². The van der Waals surface area contributed by atoms with Crippen molar-refractivity contribution in [2.24, 2.45) is 11.5 Å². The number of hydrogen-bond acceptors (Lipinski definition) is 4. The number of amides is 4. The Balaban J connectivity index is 0.000000221. The number of anilines is 4. The zero-order valence-corrected chi connectivity index (χ0v) is 32.5. The Morgan fingerprint density at radius 3 is 1.36 bits per heavy atom. The van der Waals surface area contributed by atoms with Crippen LogP contribution in [0.3, 0.4) is 0 Å². The highest BCUT2D eigenvalue weighted by Gasteiger charge is 2.28. The molecule has 2 aromatic heterocycles. The van der Waals surface area contributed by atoms with Crippen LogP contribution < -0.4 is 21.3 Å². The molecule has 300 valence electrons. The number of halogens is 6. The third-order valence-corrected chi connectivity index (χ3v) is 9.14. The highest BCUT2D eigenvalue weighted by Crippen LogP contribution is 2.38. The Morgan fingerprint density at radius 1 is 0.586 bits per heavy atom. The SMILES string of the molecule is CCc1ccc(N(C(N)=O)c2c(F)cccc2F)nc1-c1ccc(F)cc1C.Cc1cc(F)ccc1-c1nc(N(C(N)=O)c2c(F)cccc2F)ccc1C(C)(C)C. The summed E-state index contributed by atoms with van der Waals surface area (Å²) in [4.78, 5) is 34.6. The lowest BCUT2D eigenvalue weighted by atomic mass is 9.83. The molecule has 0 spiro atoms. The number of nitrogens with two attached hydrogens (primary N) is 2. The molecule has 8 nitrogen and oxygen atoms in total. The van der Waals surface area contributed by atoms with Crippen molar-refractivity contribution in [2.45, 2.75) is 53.4 Å². The molecule has 0 aliphatic carbocycles. The Labute approximate surface area is 331 Å². The van der Waals surface area contributed by atoms with Gasteiger partial charge in [-0.2, -0.15) is 0 Å². The zero-order chi connectivity index (χ0) is 42.6. The molecule has 0 saturated carbocycles. The highest BCUT2D eigenvalue weighted by atomic mass is 19.2. The standard InChI is InChI=1S/C23H22F3N3O.C21H18F3N3O/c1-13-12-14(24)8-9-15(13)20-16(23(2,3)4)10-11-19(28-20)29(22(27)30)21-17(25)6-5-7-18(21)26;1-3-13-7-10-18(26-19(13)15-9-8-14(22)11-12(15)2)27(21(25)28)20-16(23)5-4-6-17(20)24/h5-12H,1-4H3,(H2,27,30);4-11H,3H2,1-2H3,(H2,25,28). The van der Waals surface area contributed by atoms with Gasteiger partial charge in [0.1, 0.15) is 57.9 Å². The maximum absolute atomic E-state index is 14.4. The van der Waals surface area contributed by atoms with Crippen molar-refractivity contribution in [3.63, 3.8) is 0 Å². The molecule has 4 aromatic carbocycles. The van der Waals surface area contributed by atoms with E-state index in [0.29, 0.717) is 49.9 Å². The molecule has 4 N–H and O–H groups in total. The molecular weight excluding hydrogens is 759 g/mol. The third kappa shape index (κ3) is 8.96. The minimum atomic E-state index is -1.09. The Morgan fingerprint density at radius 2 is 0.983 bits per heavy atom. The van der Waals surface area contributed by atoms with Gasteiger partial charge >= 0.3 is 12.1 Å². The van der Waals surface area contributed by atoms with Gasteiger partial charge in [0.25, 0.3) is 0 Å². The number of primary amides is 2. The van der Waals surface area contributed by atoms with Crippen LogP contribution in [0.5, 0.6) is 0 Å². The van der Waals surface area contributed by atoms with E-state index in [9.17, 15) is 35.9 Å². The maximum Gasteiger partial charge on any atom is 0.325 e. The topological polar surface area (TPSA) is 118 Å². The lowest BCUT2D eigenvalue weighted by molar-refractivity contribution is 0.254. The maximum atomic E-state index is 14.4. The molecule has 4 amide bonds. The fraction of sp³-hybridized carbons (Fsp3) is 0.182. The van der Waals surface area contributed by atoms with E-state index in [2.05, 4.69) is 9.97 Å². The molecule has 0 unspecified atom stereocenters. The predicted molar refractivity (Wildman–Crippen MR) is 213 cm³/mol. The van der Waals surface area contributed by atoms with Gasteiger partial charge in [0.2, 0.25) is 0 Å². The summed E-state index contributed by atoms with van der Waals surface area (Å²) in [5, 5.41) is 0. The van der Waals surface area contributed by atoms with E-state index in [0.717, 1.165) is 35.4 Å². The number of urea groups is 2. The van der Waals surface area contributed by atoms with Crippen LogP contribution in [0.1, 0.15) is 49.9 Å². The quantitative estimate of drug-likeness (QED) is 0.156. The fourth-order valence-corrected chi connectivity index (χ4v) is 6.37. The largest absolute Gasteiger partial charge is 0.351 e. The van der Waals surface area contributed by atoms with Crippen molar-refractivity contribution in [1.82, 2.24) is 9.97 Å². The van der Waals surface area contributed by atoms with Crippen LogP contribution in [-0.4, -0.2) is 22.0 Å². The van der Waals surface area contributed by atoms with Crippen LogP contribution >= 0.6 is 0 Å². The summed E-state index contributed by atoms with van der Waals surface area (Å²) in [6, 6.07) is 19.2. The molecule has 0 bridgehead atoms. The summed E-state index contributed by atoms with van der Waals surface area (Å²) < 4.78 is 84.5. The average Bonchev–Trinajstić information content (AvgIpc) is 3.14. The second-order valence-corrected chi connectivity index (χ2v) is 14.3. The number of carbonyl (C=O) groups is 2. The highest BCUT2D eigenvalue weighted by molar-refractivity contribution is 5.99. The molecule has 0 fully saturated rings. The molecule has 6 rings (SSSR count). The molecule has 14 heteroatoms. The number of aryl methyl sites for hydroxylation is 3. The molecule has 0 aliphatic heterocycles. The predicted octanol–water partition coefficient (Wildman–Crippen LogP) is 11.2. The first-order valence-electron chi connectivity index (χ1n) is 18.0. The van der Waals surface area contributed by atoms with Crippen LogP contribution in [-0.2, 0) is 11.8 Å². The van der Waals surface area contributed by atoms with Crippen LogP contribution in [0.4, 0.5) is 58.9 Å². The number of rotatable bonds is 7. The lowest BCUT2D eigenvalue weighted by Crippen LogP contribution is -2.33. The summed E-state index contributed by atoms with van der Waals surface area (Å²) in [6.07, 6.45) is 0.615. The molecule has 0 radical (unpaired) electrons. The number of benzene rings is 4. The number of hydrogen-bond donors (Lipinski definition) is 2. The first kappa shape index (κ1) is 42.4. The van der Waals surface area contributed by atoms with Crippen LogP contribution in [0.25, 0.3) is 22.5 Å². The summed E-state index contributed by atoms with van der Waals surface area (Å²) in [7, 11) is 0. The number of pyridine rings is 2. The van der Waals surface area contributed by atoms with Gasteiger partial charge in [-0.25, -0.2) is 55.7 Å². The summed E-state index contributed by atoms with van der Waals surface area (Å²) in [5.74, 6) is -4.64. The summed E-state index contributed by atoms with van der Waals surface area (Å²) >= 11 is 0. The van der Waals surface area contributed by atoms with E-state index in [1.165, 1.54) is 48.5 Å². The number of nitrogens with zero attached hydrogens (tertiary/aromatic N) is 4. The molecule has 0 aliphatic rings. The van der Waals surface area contributed by atoms with Gasteiger partial charge in [0.15, 0.2) is 0 Å². The van der Waals surface area contributed by atoms with Gasteiger partial charge in [0.05, 0.1) is 11.4 Å². The molecule has 6 aromatic rings. The van der Waals surface area contributed by atoms with Crippen molar-refractivity contribution < 1.29 is 35.9 Å². The first-order chi connectivity index (χ1) is 27.3. The fourth-order valence-electron chi connectivity index (χ4n) is 6.37. The molecule has 0 saturated heterocycles. The van der Waals surface area contributed by atoms with Gasteiger partial charge < -0.3 is 11.5 Å². The van der Waals surface area contributed by atoms with E-state index in [1.54, 1.807) is 38.1 Å². The van der Waals surface area contributed by atoms with Gasteiger partial charge in [-0.15, -0.1) is 0 Å². The summed E-state index contributed by atoms with van der Waals surface area (Å²) in [6.45, 7) is 11.3. The second kappa shape index (κ2) is 17.2. The molecule has 2 heterocycles.